The highest BCUT2D eigenvalue weighted by Gasteiger charge is 2.01. The quantitative estimate of drug-likeness (QED) is 0.418. The molecule has 0 radical (unpaired) electrons. The summed E-state index contributed by atoms with van der Waals surface area (Å²) < 4.78 is 0. The monoisotopic (exact) mass is 183 g/mol. The van der Waals surface area contributed by atoms with E-state index in [-0.39, 0.29) is 6.61 Å². The molecule has 0 aromatic carbocycles. The van der Waals surface area contributed by atoms with Crippen LogP contribution in [0.4, 0.5) is 11.6 Å². The first kappa shape index (κ1) is 9.69. The van der Waals surface area contributed by atoms with E-state index in [0.29, 0.717) is 18.2 Å². The second-order valence-electron chi connectivity index (χ2n) is 2.57. The van der Waals surface area contributed by atoms with E-state index < -0.39 is 0 Å². The van der Waals surface area contributed by atoms with E-state index in [9.17, 15) is 0 Å². The molecule has 4 N–H and O–H groups in total. The number of likely N-dealkylation sites (N-methyl/N-ethyl adjacent to an activating group) is 1. The molecule has 1 heterocycles. The van der Waals surface area contributed by atoms with Gasteiger partial charge in [-0.05, 0) is 12.1 Å². The number of nitrogens with one attached hydrogen (secondary N) is 1. The molecule has 72 valence electrons. The van der Waals surface area contributed by atoms with Gasteiger partial charge in [-0.2, -0.15) is 0 Å². The first-order valence-electron chi connectivity index (χ1n) is 3.90. The fourth-order valence-electron chi connectivity index (χ4n) is 0.870. The van der Waals surface area contributed by atoms with Gasteiger partial charge >= 0.3 is 0 Å². The van der Waals surface area contributed by atoms with Crippen LogP contribution in [0.25, 0.3) is 0 Å². The van der Waals surface area contributed by atoms with Gasteiger partial charge in [0.25, 0.3) is 0 Å². The molecule has 0 aliphatic carbocycles. The molecule has 6 nitrogen and oxygen atoms in total. The second kappa shape index (κ2) is 4.58. The Bertz CT molecular complexity index is 250. The minimum atomic E-state index is 0.0923. The average Bonchev–Trinajstić information content (AvgIpc) is 2.18. The first-order valence-corrected chi connectivity index (χ1v) is 3.90. The molecule has 6 heteroatoms. The van der Waals surface area contributed by atoms with Gasteiger partial charge in [-0.15, -0.1) is 10.2 Å². The van der Waals surface area contributed by atoms with Gasteiger partial charge in [-0.1, -0.05) is 0 Å². The van der Waals surface area contributed by atoms with Crippen molar-refractivity contribution in [1.82, 2.24) is 10.2 Å². The third-order valence-electron chi connectivity index (χ3n) is 1.62. The lowest BCUT2D eigenvalue weighted by Crippen LogP contribution is -2.22. The van der Waals surface area contributed by atoms with Crippen molar-refractivity contribution >= 4 is 11.6 Å². The van der Waals surface area contributed by atoms with Gasteiger partial charge in [0.2, 0.25) is 0 Å². The van der Waals surface area contributed by atoms with Crippen molar-refractivity contribution in [2.45, 2.75) is 0 Å². The molecule has 1 rings (SSSR count). The Morgan fingerprint density at radius 3 is 2.77 bits per heavy atom. The molecule has 0 saturated heterocycles. The van der Waals surface area contributed by atoms with Crippen LogP contribution in [0.3, 0.4) is 0 Å². The molecule has 0 aliphatic heterocycles. The number of hydrazine groups is 1. The van der Waals surface area contributed by atoms with E-state index in [1.165, 1.54) is 0 Å². The summed E-state index contributed by atoms with van der Waals surface area (Å²) in [6, 6.07) is 3.49. The van der Waals surface area contributed by atoms with Crippen LogP contribution >= 0.6 is 0 Å². The molecule has 0 fully saturated rings. The molecule has 1 aromatic heterocycles. The highest BCUT2D eigenvalue weighted by Crippen LogP contribution is 2.08. The number of anilines is 2. The van der Waals surface area contributed by atoms with Crippen LogP contribution in [0.2, 0.25) is 0 Å². The third kappa shape index (κ3) is 2.53. The Balaban J connectivity index is 2.67. The van der Waals surface area contributed by atoms with E-state index in [1.54, 1.807) is 17.0 Å². The fraction of sp³-hybridized carbons (Fsp3) is 0.429. The Hall–Kier alpha value is -1.40. The van der Waals surface area contributed by atoms with Gasteiger partial charge < -0.3 is 15.4 Å². The van der Waals surface area contributed by atoms with E-state index in [4.69, 9.17) is 10.9 Å². The highest BCUT2D eigenvalue weighted by molar-refractivity contribution is 5.41. The normalized spacial score (nSPS) is 9.77. The summed E-state index contributed by atoms with van der Waals surface area (Å²) in [6.45, 7) is 0.624. The Morgan fingerprint density at radius 2 is 2.31 bits per heavy atom. The van der Waals surface area contributed by atoms with Crippen molar-refractivity contribution in [1.29, 1.82) is 0 Å². The molecular formula is C7H13N5O. The summed E-state index contributed by atoms with van der Waals surface area (Å²) in [5, 5.41) is 16.4. The van der Waals surface area contributed by atoms with Crippen molar-refractivity contribution < 1.29 is 5.11 Å². The predicted octanol–water partition coefficient (Wildman–Crippen LogP) is -0.809. The Morgan fingerprint density at radius 1 is 1.54 bits per heavy atom. The zero-order valence-corrected chi connectivity index (χ0v) is 7.44. The smallest absolute Gasteiger partial charge is 0.162 e. The lowest BCUT2D eigenvalue weighted by atomic mass is 10.4. The minimum Gasteiger partial charge on any atom is -0.395 e. The summed E-state index contributed by atoms with van der Waals surface area (Å²) >= 11 is 0. The van der Waals surface area contributed by atoms with Gasteiger partial charge in [-0.3, -0.25) is 0 Å². The maximum Gasteiger partial charge on any atom is 0.162 e. The summed E-state index contributed by atoms with van der Waals surface area (Å²) in [5.74, 6) is 6.35. The van der Waals surface area contributed by atoms with Crippen LogP contribution < -0.4 is 16.2 Å². The highest BCUT2D eigenvalue weighted by atomic mass is 16.3. The van der Waals surface area contributed by atoms with Gasteiger partial charge in [-0.25, -0.2) is 5.84 Å². The van der Waals surface area contributed by atoms with Gasteiger partial charge in [0.15, 0.2) is 11.6 Å². The zero-order valence-electron chi connectivity index (χ0n) is 7.44. The van der Waals surface area contributed by atoms with E-state index in [2.05, 4.69) is 15.6 Å². The number of aliphatic hydroxyl groups excluding tert-OH is 1. The SMILES string of the molecule is CN(CCO)c1ccc(NN)nn1. The van der Waals surface area contributed by atoms with Gasteiger partial charge in [0.05, 0.1) is 6.61 Å². The summed E-state index contributed by atoms with van der Waals surface area (Å²) in [6.07, 6.45) is 0. The first-order chi connectivity index (χ1) is 6.27. The molecule has 0 atom stereocenters. The number of nitrogens with zero attached hydrogens (tertiary/aromatic N) is 3. The van der Waals surface area contributed by atoms with E-state index in [0.717, 1.165) is 0 Å². The minimum absolute atomic E-state index is 0.0923. The summed E-state index contributed by atoms with van der Waals surface area (Å²) in [5.41, 5.74) is 2.38. The Labute approximate surface area is 76.3 Å². The molecule has 0 bridgehead atoms. The van der Waals surface area contributed by atoms with Gasteiger partial charge in [0, 0.05) is 13.6 Å². The van der Waals surface area contributed by atoms with Crippen LogP contribution in [-0.4, -0.2) is 35.5 Å². The van der Waals surface area contributed by atoms with Crippen molar-refractivity contribution in [3.8, 4) is 0 Å². The molecule has 0 unspecified atom stereocenters. The number of hydrogen-bond acceptors (Lipinski definition) is 6. The van der Waals surface area contributed by atoms with Crippen LogP contribution in [0.5, 0.6) is 0 Å². The molecule has 0 saturated carbocycles. The Kier molecular flexibility index (Phi) is 3.41. The van der Waals surface area contributed by atoms with Crippen molar-refractivity contribution in [3.63, 3.8) is 0 Å². The van der Waals surface area contributed by atoms with Gasteiger partial charge in [0.1, 0.15) is 0 Å². The number of hydrogen-bond donors (Lipinski definition) is 3. The number of nitrogens with two attached hydrogens (primary N) is 1. The van der Waals surface area contributed by atoms with Crippen LogP contribution in [-0.2, 0) is 0 Å². The topological polar surface area (TPSA) is 87.3 Å². The number of aliphatic hydroxyl groups is 1. The lowest BCUT2D eigenvalue weighted by Gasteiger charge is -2.15. The summed E-state index contributed by atoms with van der Waals surface area (Å²) in [7, 11) is 1.83. The van der Waals surface area contributed by atoms with Crippen LogP contribution in [0.15, 0.2) is 12.1 Å². The van der Waals surface area contributed by atoms with Crippen LogP contribution in [0.1, 0.15) is 0 Å². The molecular weight excluding hydrogens is 170 g/mol. The van der Waals surface area contributed by atoms with Crippen molar-refractivity contribution in [2.24, 2.45) is 5.84 Å². The van der Waals surface area contributed by atoms with Crippen molar-refractivity contribution in [3.05, 3.63) is 12.1 Å². The lowest BCUT2D eigenvalue weighted by molar-refractivity contribution is 0.303. The number of rotatable bonds is 4. The fourth-order valence-corrected chi connectivity index (χ4v) is 0.870. The largest absolute Gasteiger partial charge is 0.395 e. The third-order valence-corrected chi connectivity index (χ3v) is 1.62. The average molecular weight is 183 g/mol. The van der Waals surface area contributed by atoms with E-state index >= 15 is 0 Å². The molecule has 0 aliphatic rings. The molecule has 1 aromatic rings. The summed E-state index contributed by atoms with van der Waals surface area (Å²) in [4.78, 5) is 1.80. The standard InChI is InChI=1S/C7H13N5O/c1-12(4-5-13)7-3-2-6(9-8)10-11-7/h2-3,13H,4-5,8H2,1H3,(H,9,10). The molecule has 0 amide bonds. The van der Waals surface area contributed by atoms with Crippen molar-refractivity contribution in [2.75, 3.05) is 30.5 Å². The zero-order chi connectivity index (χ0) is 9.68. The maximum absolute atomic E-state index is 8.68. The van der Waals surface area contributed by atoms with Crippen LogP contribution in [0, 0.1) is 0 Å². The number of aromatic nitrogens is 2. The van der Waals surface area contributed by atoms with E-state index in [1.807, 2.05) is 7.05 Å². The molecule has 13 heavy (non-hydrogen) atoms. The predicted molar refractivity (Wildman–Crippen MR) is 50.2 cm³/mol. The number of nitrogen functional groups attached to an aromatic ring is 1. The second-order valence-corrected chi connectivity index (χ2v) is 2.57. The maximum atomic E-state index is 8.68. The molecule has 0 spiro atoms.